The van der Waals surface area contributed by atoms with Crippen molar-refractivity contribution in [3.8, 4) is 0 Å². The maximum Gasteiger partial charge on any atom is 0.229 e. The Morgan fingerprint density at radius 1 is 1.42 bits per heavy atom. The van der Waals surface area contributed by atoms with Crippen molar-refractivity contribution in [2.45, 2.75) is 32.4 Å². The van der Waals surface area contributed by atoms with Crippen LogP contribution in [0.4, 0.5) is 5.69 Å². The SMILES string of the molecule is CC1CC(C(=O)Nc2ccc3c(c2)CNCC3)CO1. The average Bonchev–Trinajstić information content (AvgIpc) is 2.85. The van der Waals surface area contributed by atoms with Gasteiger partial charge in [0.2, 0.25) is 5.91 Å². The number of hydrogen-bond acceptors (Lipinski definition) is 3. The molecule has 1 saturated heterocycles. The normalized spacial score (nSPS) is 25.9. The summed E-state index contributed by atoms with van der Waals surface area (Å²) < 4.78 is 5.44. The first-order valence-electron chi connectivity index (χ1n) is 6.97. The third-order valence-corrected chi connectivity index (χ3v) is 3.93. The van der Waals surface area contributed by atoms with Crippen LogP contribution >= 0.6 is 0 Å². The van der Waals surface area contributed by atoms with Gasteiger partial charge in [0, 0.05) is 12.2 Å². The fraction of sp³-hybridized carbons (Fsp3) is 0.533. The largest absolute Gasteiger partial charge is 0.378 e. The lowest BCUT2D eigenvalue weighted by atomic mass is 10.00. The smallest absolute Gasteiger partial charge is 0.229 e. The number of hydrogen-bond donors (Lipinski definition) is 2. The Morgan fingerprint density at radius 2 is 2.32 bits per heavy atom. The lowest BCUT2D eigenvalue weighted by Crippen LogP contribution is -2.25. The number of anilines is 1. The van der Waals surface area contributed by atoms with Gasteiger partial charge in [0.25, 0.3) is 0 Å². The highest BCUT2D eigenvalue weighted by atomic mass is 16.5. The number of amides is 1. The van der Waals surface area contributed by atoms with E-state index in [0.29, 0.717) is 6.61 Å². The van der Waals surface area contributed by atoms with E-state index in [1.807, 2.05) is 13.0 Å². The van der Waals surface area contributed by atoms with E-state index in [4.69, 9.17) is 4.74 Å². The van der Waals surface area contributed by atoms with Gasteiger partial charge in [0.05, 0.1) is 18.6 Å². The van der Waals surface area contributed by atoms with E-state index in [0.717, 1.165) is 31.6 Å². The van der Waals surface area contributed by atoms with Gasteiger partial charge in [0.15, 0.2) is 0 Å². The molecule has 1 amide bonds. The van der Waals surface area contributed by atoms with Gasteiger partial charge < -0.3 is 15.4 Å². The monoisotopic (exact) mass is 260 g/mol. The number of rotatable bonds is 2. The summed E-state index contributed by atoms with van der Waals surface area (Å²) in [4.78, 5) is 12.1. The fourth-order valence-electron chi connectivity index (χ4n) is 2.80. The molecule has 4 heteroatoms. The third-order valence-electron chi connectivity index (χ3n) is 3.93. The summed E-state index contributed by atoms with van der Waals surface area (Å²) in [5.74, 6) is 0.0669. The van der Waals surface area contributed by atoms with E-state index in [1.54, 1.807) is 0 Å². The molecule has 2 N–H and O–H groups in total. The van der Waals surface area contributed by atoms with E-state index < -0.39 is 0 Å². The number of carbonyl (C=O) groups excluding carboxylic acids is 1. The van der Waals surface area contributed by atoms with E-state index in [1.165, 1.54) is 11.1 Å². The zero-order chi connectivity index (χ0) is 13.2. The van der Waals surface area contributed by atoms with Crippen LogP contribution in [0, 0.1) is 5.92 Å². The molecule has 0 spiro atoms. The van der Waals surface area contributed by atoms with Crippen molar-refractivity contribution >= 4 is 11.6 Å². The predicted molar refractivity (Wildman–Crippen MR) is 74.0 cm³/mol. The second-order valence-corrected chi connectivity index (χ2v) is 5.48. The molecule has 0 bridgehead atoms. The topological polar surface area (TPSA) is 50.4 Å². The van der Waals surface area contributed by atoms with Crippen LogP contribution in [0.25, 0.3) is 0 Å². The summed E-state index contributed by atoms with van der Waals surface area (Å²) in [5.41, 5.74) is 3.57. The third kappa shape index (κ3) is 2.80. The molecule has 2 atom stereocenters. The zero-order valence-electron chi connectivity index (χ0n) is 11.2. The highest BCUT2D eigenvalue weighted by Crippen LogP contribution is 2.23. The van der Waals surface area contributed by atoms with Gasteiger partial charge in [-0.2, -0.15) is 0 Å². The van der Waals surface area contributed by atoms with Crippen LogP contribution in [-0.4, -0.2) is 25.2 Å². The molecule has 19 heavy (non-hydrogen) atoms. The lowest BCUT2D eigenvalue weighted by molar-refractivity contribution is -0.119. The molecule has 2 aliphatic heterocycles. The molecular formula is C15H20N2O2. The second-order valence-electron chi connectivity index (χ2n) is 5.48. The molecule has 102 valence electrons. The summed E-state index contributed by atoms with van der Waals surface area (Å²) in [6.07, 6.45) is 2.08. The Labute approximate surface area is 113 Å². The molecule has 0 radical (unpaired) electrons. The molecule has 2 heterocycles. The molecule has 0 aromatic heterocycles. The minimum atomic E-state index is -0.0100. The quantitative estimate of drug-likeness (QED) is 0.851. The van der Waals surface area contributed by atoms with Gasteiger partial charge >= 0.3 is 0 Å². The van der Waals surface area contributed by atoms with Crippen molar-refractivity contribution in [2.75, 3.05) is 18.5 Å². The van der Waals surface area contributed by atoms with E-state index in [9.17, 15) is 4.79 Å². The van der Waals surface area contributed by atoms with Crippen molar-refractivity contribution < 1.29 is 9.53 Å². The van der Waals surface area contributed by atoms with E-state index >= 15 is 0 Å². The molecule has 1 aromatic carbocycles. The number of fused-ring (bicyclic) bond motifs is 1. The summed E-state index contributed by atoms with van der Waals surface area (Å²) in [7, 11) is 0. The summed E-state index contributed by atoms with van der Waals surface area (Å²) in [6, 6.07) is 6.21. The van der Waals surface area contributed by atoms with Gasteiger partial charge in [-0.3, -0.25) is 4.79 Å². The van der Waals surface area contributed by atoms with Crippen LogP contribution < -0.4 is 10.6 Å². The van der Waals surface area contributed by atoms with E-state index in [2.05, 4.69) is 22.8 Å². The number of benzene rings is 1. The van der Waals surface area contributed by atoms with Crippen molar-refractivity contribution in [3.05, 3.63) is 29.3 Å². The van der Waals surface area contributed by atoms with Crippen LogP contribution in [0.1, 0.15) is 24.5 Å². The maximum absolute atomic E-state index is 12.1. The average molecular weight is 260 g/mol. The molecular weight excluding hydrogens is 240 g/mol. The Balaban J connectivity index is 1.68. The van der Waals surface area contributed by atoms with Crippen molar-refractivity contribution in [1.29, 1.82) is 0 Å². The molecule has 4 nitrogen and oxygen atoms in total. The zero-order valence-corrected chi connectivity index (χ0v) is 11.2. The first-order valence-corrected chi connectivity index (χ1v) is 6.97. The van der Waals surface area contributed by atoms with Gasteiger partial charge in [-0.25, -0.2) is 0 Å². The van der Waals surface area contributed by atoms with Crippen LogP contribution in [0.3, 0.4) is 0 Å². The van der Waals surface area contributed by atoms with E-state index in [-0.39, 0.29) is 17.9 Å². The summed E-state index contributed by atoms with van der Waals surface area (Å²) in [5, 5.41) is 6.36. The van der Waals surface area contributed by atoms with Gasteiger partial charge in [-0.15, -0.1) is 0 Å². The minimum Gasteiger partial charge on any atom is -0.378 e. The minimum absolute atomic E-state index is 0.0100. The van der Waals surface area contributed by atoms with Crippen LogP contribution in [0.15, 0.2) is 18.2 Å². The standard InChI is InChI=1S/C15H20N2O2/c1-10-6-13(9-19-10)15(18)17-14-3-2-11-4-5-16-8-12(11)7-14/h2-3,7,10,13,16H,4-6,8-9H2,1H3,(H,17,18). The molecule has 1 aromatic rings. The number of nitrogens with one attached hydrogen (secondary N) is 2. The lowest BCUT2D eigenvalue weighted by Gasteiger charge is -2.18. The molecule has 0 saturated carbocycles. The number of ether oxygens (including phenoxy) is 1. The van der Waals surface area contributed by atoms with Crippen LogP contribution in [-0.2, 0) is 22.5 Å². The highest BCUT2D eigenvalue weighted by Gasteiger charge is 2.28. The van der Waals surface area contributed by atoms with Gasteiger partial charge in [-0.05, 0) is 49.6 Å². The second kappa shape index (κ2) is 5.31. The predicted octanol–water partition coefficient (Wildman–Crippen LogP) is 1.70. The summed E-state index contributed by atoms with van der Waals surface area (Å²) in [6.45, 7) is 4.48. The maximum atomic E-state index is 12.1. The number of carbonyl (C=O) groups is 1. The Hall–Kier alpha value is -1.39. The van der Waals surface area contributed by atoms with Crippen molar-refractivity contribution in [1.82, 2.24) is 5.32 Å². The molecule has 2 unspecified atom stereocenters. The van der Waals surface area contributed by atoms with Gasteiger partial charge in [-0.1, -0.05) is 6.07 Å². The van der Waals surface area contributed by atoms with Crippen LogP contribution in [0.5, 0.6) is 0 Å². The fourth-order valence-corrected chi connectivity index (χ4v) is 2.80. The van der Waals surface area contributed by atoms with Crippen LogP contribution in [0.2, 0.25) is 0 Å². The molecule has 1 fully saturated rings. The van der Waals surface area contributed by atoms with Crippen molar-refractivity contribution in [2.24, 2.45) is 5.92 Å². The Bertz CT molecular complexity index is 487. The Morgan fingerprint density at radius 3 is 3.11 bits per heavy atom. The molecule has 0 aliphatic carbocycles. The van der Waals surface area contributed by atoms with Crippen molar-refractivity contribution in [3.63, 3.8) is 0 Å². The Kier molecular flexibility index (Phi) is 3.53. The first-order chi connectivity index (χ1) is 9.22. The molecule has 3 rings (SSSR count). The van der Waals surface area contributed by atoms with Gasteiger partial charge in [0.1, 0.15) is 0 Å². The summed E-state index contributed by atoms with van der Waals surface area (Å²) >= 11 is 0. The highest BCUT2D eigenvalue weighted by molar-refractivity contribution is 5.93. The molecule has 2 aliphatic rings. The first kappa shape index (κ1) is 12.6.